The number of hydrogen-bond acceptors (Lipinski definition) is 4. The van der Waals surface area contributed by atoms with Crippen molar-refractivity contribution in [2.45, 2.75) is 25.9 Å². The van der Waals surface area contributed by atoms with Crippen molar-refractivity contribution in [1.29, 1.82) is 0 Å². The molecule has 1 aromatic heterocycles. The maximum atomic E-state index is 11.4. The number of pyridine rings is 1. The molecule has 1 atom stereocenters. The average molecular weight is 237 g/mol. The molecule has 1 heterocycles. The van der Waals surface area contributed by atoms with E-state index in [-0.39, 0.29) is 6.42 Å². The predicted molar refractivity (Wildman–Crippen MR) is 61.0 cm³/mol. The zero-order chi connectivity index (χ0) is 12.8. The van der Waals surface area contributed by atoms with Gasteiger partial charge in [0.05, 0.1) is 12.5 Å². The van der Waals surface area contributed by atoms with Gasteiger partial charge in [-0.1, -0.05) is 0 Å². The number of nitrogens with one attached hydrogen (secondary N) is 1. The molecule has 0 fully saturated rings. The van der Waals surface area contributed by atoms with E-state index in [9.17, 15) is 9.59 Å². The Labute approximate surface area is 98.8 Å². The number of aliphatic carboxylic acids is 1. The smallest absolute Gasteiger partial charge is 0.305 e. The van der Waals surface area contributed by atoms with Crippen LogP contribution in [-0.2, 0) is 16.1 Å². The summed E-state index contributed by atoms with van der Waals surface area (Å²) in [7, 11) is 0. The molecule has 4 N–H and O–H groups in total. The normalized spacial score (nSPS) is 11.9. The van der Waals surface area contributed by atoms with Crippen molar-refractivity contribution < 1.29 is 14.7 Å². The van der Waals surface area contributed by atoms with Crippen molar-refractivity contribution in [3.63, 3.8) is 0 Å². The Morgan fingerprint density at radius 3 is 2.88 bits per heavy atom. The minimum atomic E-state index is -1.09. The van der Waals surface area contributed by atoms with E-state index in [2.05, 4.69) is 10.3 Å². The summed E-state index contributed by atoms with van der Waals surface area (Å²) in [5.41, 5.74) is 7.30. The molecule has 1 rings (SSSR count). The standard InChI is InChI=1S/C11H15N3O3/c1-7-5-13-3-2-8(7)6-14-11(17)9(12)4-10(15)16/h2-3,5,9H,4,6,12H2,1H3,(H,14,17)(H,15,16). The van der Waals surface area contributed by atoms with Crippen LogP contribution < -0.4 is 11.1 Å². The molecule has 92 valence electrons. The molecule has 0 saturated heterocycles. The van der Waals surface area contributed by atoms with Gasteiger partial charge in [0.15, 0.2) is 0 Å². The quantitative estimate of drug-likeness (QED) is 0.658. The van der Waals surface area contributed by atoms with E-state index in [1.54, 1.807) is 18.5 Å². The second kappa shape index (κ2) is 5.95. The topological polar surface area (TPSA) is 105 Å². The van der Waals surface area contributed by atoms with E-state index >= 15 is 0 Å². The predicted octanol–water partition coefficient (Wildman–Crippen LogP) is -0.192. The molecule has 1 unspecified atom stereocenters. The van der Waals surface area contributed by atoms with Crippen molar-refractivity contribution in [1.82, 2.24) is 10.3 Å². The summed E-state index contributed by atoms with van der Waals surface area (Å²) in [5, 5.41) is 11.1. The maximum absolute atomic E-state index is 11.4. The van der Waals surface area contributed by atoms with E-state index in [1.807, 2.05) is 6.92 Å². The van der Waals surface area contributed by atoms with Gasteiger partial charge in [0.2, 0.25) is 5.91 Å². The molecule has 0 radical (unpaired) electrons. The zero-order valence-corrected chi connectivity index (χ0v) is 9.51. The number of aryl methyl sites for hydroxylation is 1. The van der Waals surface area contributed by atoms with E-state index in [0.717, 1.165) is 11.1 Å². The molecule has 6 nitrogen and oxygen atoms in total. The van der Waals surface area contributed by atoms with Crippen LogP contribution in [0, 0.1) is 6.92 Å². The lowest BCUT2D eigenvalue weighted by molar-refractivity contribution is -0.139. The van der Waals surface area contributed by atoms with Gasteiger partial charge in [-0.15, -0.1) is 0 Å². The third-order valence-corrected chi connectivity index (χ3v) is 2.32. The number of carbonyl (C=O) groups excluding carboxylic acids is 1. The number of carbonyl (C=O) groups is 2. The third-order valence-electron chi connectivity index (χ3n) is 2.32. The monoisotopic (exact) mass is 237 g/mol. The first kappa shape index (κ1) is 13.1. The van der Waals surface area contributed by atoms with Gasteiger partial charge in [0.25, 0.3) is 0 Å². The molecular weight excluding hydrogens is 222 g/mol. The molecule has 0 aliphatic carbocycles. The van der Waals surface area contributed by atoms with Gasteiger partial charge in [-0.3, -0.25) is 14.6 Å². The maximum Gasteiger partial charge on any atom is 0.305 e. The molecule has 0 bridgehead atoms. The highest BCUT2D eigenvalue weighted by molar-refractivity contribution is 5.85. The van der Waals surface area contributed by atoms with Crippen LogP contribution in [0.4, 0.5) is 0 Å². The second-order valence-corrected chi connectivity index (χ2v) is 3.72. The number of hydrogen-bond donors (Lipinski definition) is 3. The number of aromatic nitrogens is 1. The van der Waals surface area contributed by atoms with Crippen molar-refractivity contribution >= 4 is 11.9 Å². The Balaban J connectivity index is 2.48. The minimum absolute atomic E-state index is 0.320. The summed E-state index contributed by atoms with van der Waals surface area (Å²) < 4.78 is 0. The fraction of sp³-hybridized carbons (Fsp3) is 0.364. The highest BCUT2D eigenvalue weighted by atomic mass is 16.4. The molecule has 6 heteroatoms. The average Bonchev–Trinajstić information content (AvgIpc) is 2.26. The Hall–Kier alpha value is -1.95. The SMILES string of the molecule is Cc1cnccc1CNC(=O)C(N)CC(=O)O. The van der Waals surface area contributed by atoms with Crippen LogP contribution in [0.25, 0.3) is 0 Å². The van der Waals surface area contributed by atoms with E-state index in [4.69, 9.17) is 10.8 Å². The Bertz CT molecular complexity index is 420. The van der Waals surface area contributed by atoms with Gasteiger partial charge in [0, 0.05) is 18.9 Å². The highest BCUT2D eigenvalue weighted by Crippen LogP contribution is 2.04. The van der Waals surface area contributed by atoms with Crippen LogP contribution in [0.1, 0.15) is 17.5 Å². The number of amides is 1. The Kier molecular flexibility index (Phi) is 4.59. The first-order valence-electron chi connectivity index (χ1n) is 5.15. The summed E-state index contributed by atoms with van der Waals surface area (Å²) in [6.07, 6.45) is 2.95. The van der Waals surface area contributed by atoms with Gasteiger partial charge < -0.3 is 16.2 Å². The number of nitrogens with two attached hydrogens (primary N) is 1. The minimum Gasteiger partial charge on any atom is -0.481 e. The molecule has 0 aromatic carbocycles. The number of carboxylic acid groups (broad SMARTS) is 1. The zero-order valence-electron chi connectivity index (χ0n) is 9.51. The number of carboxylic acids is 1. The first-order chi connectivity index (χ1) is 8.00. The second-order valence-electron chi connectivity index (χ2n) is 3.72. The Morgan fingerprint density at radius 1 is 1.59 bits per heavy atom. The summed E-state index contributed by atoms with van der Waals surface area (Å²) in [6.45, 7) is 2.20. The lowest BCUT2D eigenvalue weighted by Crippen LogP contribution is -2.41. The lowest BCUT2D eigenvalue weighted by atomic mass is 10.1. The number of rotatable bonds is 5. The van der Waals surface area contributed by atoms with Crippen LogP contribution >= 0.6 is 0 Å². The summed E-state index contributed by atoms with van der Waals surface area (Å²) in [6, 6.07) is 0.771. The van der Waals surface area contributed by atoms with Crippen LogP contribution in [-0.4, -0.2) is 28.0 Å². The van der Waals surface area contributed by atoms with Gasteiger partial charge >= 0.3 is 5.97 Å². The van der Waals surface area contributed by atoms with Crippen LogP contribution in [0.2, 0.25) is 0 Å². The van der Waals surface area contributed by atoms with Crippen molar-refractivity contribution in [2.24, 2.45) is 5.73 Å². The van der Waals surface area contributed by atoms with Gasteiger partial charge in [-0.2, -0.15) is 0 Å². The fourth-order valence-corrected chi connectivity index (χ4v) is 1.29. The van der Waals surface area contributed by atoms with Crippen molar-refractivity contribution in [3.8, 4) is 0 Å². The van der Waals surface area contributed by atoms with Gasteiger partial charge in [-0.25, -0.2) is 0 Å². The van der Waals surface area contributed by atoms with Crippen LogP contribution in [0.15, 0.2) is 18.5 Å². The molecule has 1 aromatic rings. The molecule has 0 saturated carbocycles. The third kappa shape index (κ3) is 4.20. The largest absolute Gasteiger partial charge is 0.481 e. The van der Waals surface area contributed by atoms with Crippen molar-refractivity contribution in [3.05, 3.63) is 29.6 Å². The number of nitrogens with zero attached hydrogens (tertiary/aromatic N) is 1. The fourth-order valence-electron chi connectivity index (χ4n) is 1.29. The van der Waals surface area contributed by atoms with Crippen molar-refractivity contribution in [2.75, 3.05) is 0 Å². The van der Waals surface area contributed by atoms with Gasteiger partial charge in [-0.05, 0) is 24.1 Å². The molecule has 0 aliphatic heterocycles. The van der Waals surface area contributed by atoms with Crippen LogP contribution in [0.5, 0.6) is 0 Å². The Morgan fingerprint density at radius 2 is 2.29 bits per heavy atom. The molecule has 17 heavy (non-hydrogen) atoms. The van der Waals surface area contributed by atoms with E-state index in [1.165, 1.54) is 0 Å². The lowest BCUT2D eigenvalue weighted by Gasteiger charge is -2.11. The van der Waals surface area contributed by atoms with Gasteiger partial charge in [0.1, 0.15) is 0 Å². The molecular formula is C11H15N3O3. The van der Waals surface area contributed by atoms with E-state index in [0.29, 0.717) is 6.54 Å². The first-order valence-corrected chi connectivity index (χ1v) is 5.15. The summed E-state index contributed by atoms with van der Waals surface area (Å²) in [5.74, 6) is -1.56. The highest BCUT2D eigenvalue weighted by Gasteiger charge is 2.16. The summed E-state index contributed by atoms with van der Waals surface area (Å²) >= 11 is 0. The van der Waals surface area contributed by atoms with Crippen LogP contribution in [0.3, 0.4) is 0 Å². The van der Waals surface area contributed by atoms with E-state index < -0.39 is 17.9 Å². The molecule has 0 spiro atoms. The summed E-state index contributed by atoms with van der Waals surface area (Å²) in [4.78, 5) is 25.8. The molecule has 0 aliphatic rings. The molecule has 1 amide bonds.